The number of carbonyl (C=O) groups excluding carboxylic acids is 3. The van der Waals surface area contributed by atoms with E-state index in [-0.39, 0.29) is 24.3 Å². The van der Waals surface area contributed by atoms with Crippen molar-refractivity contribution in [2.75, 3.05) is 26.2 Å². The van der Waals surface area contributed by atoms with E-state index in [1.54, 1.807) is 49.6 Å². The van der Waals surface area contributed by atoms with E-state index in [1.165, 1.54) is 30.5 Å². The molecule has 0 saturated heterocycles. The first-order valence-electron chi connectivity index (χ1n) is 13.0. The number of hydrogen-bond donors (Lipinski definition) is 1. The lowest BCUT2D eigenvalue weighted by molar-refractivity contribution is -0.127. The molecule has 0 radical (unpaired) electrons. The van der Waals surface area contributed by atoms with E-state index in [4.69, 9.17) is 14.2 Å². The molecule has 1 aromatic heterocycles. The third-order valence-electron chi connectivity index (χ3n) is 6.92. The van der Waals surface area contributed by atoms with Crippen LogP contribution in [0.15, 0.2) is 60.0 Å². The lowest BCUT2D eigenvalue weighted by Gasteiger charge is -2.34. The van der Waals surface area contributed by atoms with Crippen molar-refractivity contribution >= 4 is 34.8 Å². The maximum atomic E-state index is 14.1. The van der Waals surface area contributed by atoms with Gasteiger partial charge in [-0.05, 0) is 66.2 Å². The standard InChI is InChI=1S/C30H34N2O6S/c1-36-25-16-13-21(18-26(25)37-2)28(29(34)31-22-8-5-4-6-9-22)32(27(33)19-24-10-7-17-39-24)23-14-11-20(12-15-23)30(35)38-3/h7,10-18,22,28H,4-6,8-9,19H2,1-3H3,(H,31,34)/t28-/m1/s1. The fourth-order valence-corrected chi connectivity index (χ4v) is 5.62. The number of esters is 1. The Morgan fingerprint density at radius 1 is 0.949 bits per heavy atom. The highest BCUT2D eigenvalue weighted by Gasteiger charge is 2.35. The van der Waals surface area contributed by atoms with E-state index in [1.807, 2.05) is 17.5 Å². The Balaban J connectivity index is 1.80. The third kappa shape index (κ3) is 6.78. The number of thiophene rings is 1. The molecule has 1 saturated carbocycles. The fraction of sp³-hybridized carbons (Fsp3) is 0.367. The minimum atomic E-state index is -0.983. The van der Waals surface area contributed by atoms with Crippen LogP contribution in [0.2, 0.25) is 0 Å². The van der Waals surface area contributed by atoms with Crippen molar-refractivity contribution in [3.8, 4) is 11.5 Å². The molecular weight excluding hydrogens is 516 g/mol. The lowest BCUT2D eigenvalue weighted by atomic mass is 9.94. The van der Waals surface area contributed by atoms with Gasteiger partial charge in [0.2, 0.25) is 11.8 Å². The molecule has 8 nitrogen and oxygen atoms in total. The Labute approximate surface area is 232 Å². The molecule has 1 fully saturated rings. The molecule has 2 aromatic carbocycles. The number of rotatable bonds is 10. The number of anilines is 1. The van der Waals surface area contributed by atoms with Crippen LogP contribution in [-0.2, 0) is 20.7 Å². The number of nitrogens with one attached hydrogen (secondary N) is 1. The van der Waals surface area contributed by atoms with Crippen molar-refractivity contribution in [2.24, 2.45) is 0 Å². The number of hydrogen-bond acceptors (Lipinski definition) is 7. The number of methoxy groups -OCH3 is 3. The monoisotopic (exact) mass is 550 g/mol. The van der Waals surface area contributed by atoms with Crippen LogP contribution in [0.1, 0.15) is 58.9 Å². The highest BCUT2D eigenvalue weighted by Crippen LogP contribution is 2.35. The van der Waals surface area contributed by atoms with Gasteiger partial charge in [0, 0.05) is 16.6 Å². The summed E-state index contributed by atoms with van der Waals surface area (Å²) in [5.74, 6) is -0.0271. The normalized spacial score (nSPS) is 14.2. The highest BCUT2D eigenvalue weighted by molar-refractivity contribution is 7.10. The summed E-state index contributed by atoms with van der Waals surface area (Å²) in [6, 6.07) is 14.6. The Morgan fingerprint density at radius 3 is 2.28 bits per heavy atom. The Hall–Kier alpha value is -3.85. The van der Waals surface area contributed by atoms with Gasteiger partial charge >= 0.3 is 5.97 Å². The van der Waals surface area contributed by atoms with Crippen LogP contribution in [0.4, 0.5) is 5.69 Å². The van der Waals surface area contributed by atoms with Gasteiger partial charge in [-0.2, -0.15) is 0 Å². The largest absolute Gasteiger partial charge is 0.493 e. The molecule has 0 unspecified atom stereocenters. The molecule has 1 N–H and O–H groups in total. The van der Waals surface area contributed by atoms with Crippen molar-refractivity contribution < 1.29 is 28.6 Å². The maximum Gasteiger partial charge on any atom is 0.337 e. The van der Waals surface area contributed by atoms with Gasteiger partial charge in [0.25, 0.3) is 0 Å². The molecule has 0 spiro atoms. The number of carbonyl (C=O) groups is 3. The summed E-state index contributed by atoms with van der Waals surface area (Å²) in [6.07, 6.45) is 5.20. The SMILES string of the molecule is COC(=O)c1ccc(N(C(=O)Cc2cccs2)[C@@H](C(=O)NC2CCCCC2)c2ccc(OC)c(OC)c2)cc1. The average Bonchev–Trinajstić information content (AvgIpc) is 3.48. The predicted octanol–water partition coefficient (Wildman–Crippen LogP) is 5.32. The summed E-state index contributed by atoms with van der Waals surface area (Å²) in [4.78, 5) is 42.5. The van der Waals surface area contributed by atoms with Crippen LogP contribution < -0.4 is 19.7 Å². The van der Waals surface area contributed by atoms with Crippen LogP contribution >= 0.6 is 11.3 Å². The van der Waals surface area contributed by atoms with Gasteiger partial charge < -0.3 is 19.5 Å². The second kappa shape index (κ2) is 13.3. The molecule has 0 aliphatic heterocycles. The van der Waals surface area contributed by atoms with E-state index in [2.05, 4.69) is 5.32 Å². The summed E-state index contributed by atoms with van der Waals surface area (Å²) < 4.78 is 15.8. The summed E-state index contributed by atoms with van der Waals surface area (Å²) >= 11 is 1.48. The van der Waals surface area contributed by atoms with Crippen LogP contribution in [0.5, 0.6) is 11.5 Å². The lowest BCUT2D eigenvalue weighted by Crippen LogP contribution is -2.47. The Morgan fingerprint density at radius 2 is 1.67 bits per heavy atom. The molecule has 39 heavy (non-hydrogen) atoms. The summed E-state index contributed by atoms with van der Waals surface area (Å²) in [5, 5.41) is 5.13. The van der Waals surface area contributed by atoms with Crippen molar-refractivity contribution in [2.45, 2.75) is 50.6 Å². The quantitative estimate of drug-likeness (QED) is 0.344. The van der Waals surface area contributed by atoms with Crippen LogP contribution in [0.3, 0.4) is 0 Å². The van der Waals surface area contributed by atoms with E-state index >= 15 is 0 Å². The molecule has 3 aromatic rings. The number of ether oxygens (including phenoxy) is 3. The molecule has 1 atom stereocenters. The molecule has 1 aliphatic rings. The topological polar surface area (TPSA) is 94.2 Å². The van der Waals surface area contributed by atoms with Crippen molar-refractivity contribution in [3.05, 3.63) is 76.0 Å². The van der Waals surface area contributed by atoms with Gasteiger partial charge in [0.15, 0.2) is 11.5 Å². The molecular formula is C30H34N2O6S. The van der Waals surface area contributed by atoms with Crippen LogP contribution in [-0.4, -0.2) is 45.2 Å². The summed E-state index contributed by atoms with van der Waals surface area (Å²) in [6.45, 7) is 0. The van der Waals surface area contributed by atoms with Gasteiger partial charge in [-0.3, -0.25) is 14.5 Å². The smallest absolute Gasteiger partial charge is 0.337 e. The first-order chi connectivity index (χ1) is 18.9. The number of nitrogens with zero attached hydrogens (tertiary/aromatic N) is 1. The first-order valence-corrected chi connectivity index (χ1v) is 13.9. The molecule has 206 valence electrons. The average molecular weight is 551 g/mol. The van der Waals surface area contributed by atoms with Crippen LogP contribution in [0, 0.1) is 0 Å². The van der Waals surface area contributed by atoms with E-state index in [0.717, 1.165) is 37.0 Å². The van der Waals surface area contributed by atoms with Gasteiger partial charge in [-0.1, -0.05) is 31.4 Å². The fourth-order valence-electron chi connectivity index (χ4n) is 4.93. The van der Waals surface area contributed by atoms with Gasteiger partial charge in [-0.25, -0.2) is 4.79 Å². The summed E-state index contributed by atoms with van der Waals surface area (Å²) in [7, 11) is 4.39. The Bertz CT molecular complexity index is 1270. The minimum Gasteiger partial charge on any atom is -0.493 e. The predicted molar refractivity (Wildman–Crippen MR) is 151 cm³/mol. The van der Waals surface area contributed by atoms with Crippen molar-refractivity contribution in [3.63, 3.8) is 0 Å². The molecule has 4 rings (SSSR count). The van der Waals surface area contributed by atoms with E-state index < -0.39 is 12.0 Å². The molecule has 2 amide bonds. The third-order valence-corrected chi connectivity index (χ3v) is 7.80. The van der Waals surface area contributed by atoms with Gasteiger partial charge in [-0.15, -0.1) is 11.3 Å². The van der Waals surface area contributed by atoms with E-state index in [9.17, 15) is 14.4 Å². The minimum absolute atomic E-state index is 0.0462. The van der Waals surface area contributed by atoms with E-state index in [0.29, 0.717) is 28.3 Å². The summed E-state index contributed by atoms with van der Waals surface area (Å²) in [5.41, 5.74) is 1.42. The number of benzene rings is 2. The van der Waals surface area contributed by atoms with Gasteiger partial charge in [0.1, 0.15) is 6.04 Å². The molecule has 0 bridgehead atoms. The second-order valence-corrected chi connectivity index (χ2v) is 10.5. The zero-order chi connectivity index (χ0) is 27.8. The molecule has 1 aliphatic carbocycles. The zero-order valence-electron chi connectivity index (χ0n) is 22.5. The number of amides is 2. The highest BCUT2D eigenvalue weighted by atomic mass is 32.1. The second-order valence-electron chi connectivity index (χ2n) is 9.42. The maximum absolute atomic E-state index is 14.1. The van der Waals surface area contributed by atoms with Crippen LogP contribution in [0.25, 0.3) is 0 Å². The molecule has 9 heteroatoms. The Kier molecular flexibility index (Phi) is 9.59. The molecule has 1 heterocycles. The zero-order valence-corrected chi connectivity index (χ0v) is 23.3. The first kappa shape index (κ1) is 28.2. The van der Waals surface area contributed by atoms with Crippen molar-refractivity contribution in [1.29, 1.82) is 0 Å². The van der Waals surface area contributed by atoms with Gasteiger partial charge in [0.05, 0.1) is 33.3 Å². The van der Waals surface area contributed by atoms with Crippen molar-refractivity contribution in [1.82, 2.24) is 5.32 Å².